The van der Waals surface area contributed by atoms with Crippen molar-refractivity contribution in [2.45, 2.75) is 45.6 Å². The highest BCUT2D eigenvalue weighted by Crippen LogP contribution is 2.57. The van der Waals surface area contributed by atoms with Crippen molar-refractivity contribution in [3.63, 3.8) is 0 Å². The van der Waals surface area contributed by atoms with Gasteiger partial charge in [0, 0.05) is 5.54 Å². The summed E-state index contributed by atoms with van der Waals surface area (Å²) >= 11 is 0. The fourth-order valence-electron chi connectivity index (χ4n) is 2.70. The summed E-state index contributed by atoms with van der Waals surface area (Å²) in [5.74, 6) is 3.26. The van der Waals surface area contributed by atoms with E-state index in [2.05, 4.69) is 26.1 Å². The molecule has 70 valence electrons. The van der Waals surface area contributed by atoms with Crippen LogP contribution in [0.15, 0.2) is 0 Å². The second-order valence-corrected chi connectivity index (χ2v) is 5.55. The molecule has 2 rings (SSSR count). The van der Waals surface area contributed by atoms with E-state index in [4.69, 9.17) is 0 Å². The molecule has 2 saturated carbocycles. The predicted molar refractivity (Wildman–Crippen MR) is 52.1 cm³/mol. The predicted octanol–water partition coefficient (Wildman–Crippen LogP) is 2.42. The molecule has 0 unspecified atom stereocenters. The minimum atomic E-state index is 0.316. The molecule has 0 heterocycles. The average Bonchev–Trinajstić information content (AvgIpc) is 2.41. The molecule has 0 aromatic rings. The second-order valence-electron chi connectivity index (χ2n) is 5.55. The summed E-state index contributed by atoms with van der Waals surface area (Å²) in [6.45, 7) is 8.03. The van der Waals surface area contributed by atoms with E-state index in [9.17, 15) is 0 Å². The number of hydrogen-bond donors (Lipinski definition) is 1. The smallest absolute Gasteiger partial charge is 0.00966 e. The van der Waals surface area contributed by atoms with Gasteiger partial charge < -0.3 is 5.32 Å². The molecule has 2 fully saturated rings. The standard InChI is InChI=1S/C11H21N/c1-11(2,3)12-7-10-8-5-4-6-9(8)10/h8-10,12H,4-7H2,1-3H3/t8-,9-/m1/s1. The molecule has 0 radical (unpaired) electrons. The normalized spacial score (nSPS) is 39.8. The molecule has 0 aliphatic heterocycles. The zero-order chi connectivity index (χ0) is 8.77. The fourth-order valence-corrected chi connectivity index (χ4v) is 2.70. The van der Waals surface area contributed by atoms with Crippen molar-refractivity contribution < 1.29 is 0 Å². The van der Waals surface area contributed by atoms with Gasteiger partial charge >= 0.3 is 0 Å². The van der Waals surface area contributed by atoms with Crippen LogP contribution in [0.1, 0.15) is 40.0 Å². The molecule has 2 atom stereocenters. The Bertz CT molecular complexity index is 158. The lowest BCUT2D eigenvalue weighted by Gasteiger charge is -2.21. The van der Waals surface area contributed by atoms with Crippen molar-refractivity contribution >= 4 is 0 Å². The summed E-state index contributed by atoms with van der Waals surface area (Å²) in [4.78, 5) is 0. The van der Waals surface area contributed by atoms with Gasteiger partial charge in [-0.2, -0.15) is 0 Å². The summed E-state index contributed by atoms with van der Waals surface area (Å²) in [5.41, 5.74) is 0.316. The van der Waals surface area contributed by atoms with Gasteiger partial charge in [-0.25, -0.2) is 0 Å². The molecule has 0 spiro atoms. The molecule has 0 amide bonds. The van der Waals surface area contributed by atoms with Crippen molar-refractivity contribution in [1.82, 2.24) is 5.32 Å². The Hall–Kier alpha value is -0.0400. The van der Waals surface area contributed by atoms with Crippen molar-refractivity contribution in [2.75, 3.05) is 6.54 Å². The monoisotopic (exact) mass is 167 g/mol. The van der Waals surface area contributed by atoms with Gasteiger partial charge in [-0.1, -0.05) is 6.42 Å². The molecule has 12 heavy (non-hydrogen) atoms. The third-order valence-electron chi connectivity index (χ3n) is 3.45. The molecule has 1 heteroatoms. The van der Waals surface area contributed by atoms with E-state index in [-0.39, 0.29) is 0 Å². The van der Waals surface area contributed by atoms with E-state index in [0.717, 1.165) is 17.8 Å². The minimum Gasteiger partial charge on any atom is -0.312 e. The number of rotatable bonds is 2. The van der Waals surface area contributed by atoms with Gasteiger partial charge in [0.25, 0.3) is 0 Å². The maximum absolute atomic E-state index is 3.61. The Morgan fingerprint density at radius 2 is 1.75 bits per heavy atom. The molecule has 1 N–H and O–H groups in total. The van der Waals surface area contributed by atoms with Gasteiger partial charge in [0.1, 0.15) is 0 Å². The molecule has 2 aliphatic carbocycles. The SMILES string of the molecule is CC(C)(C)NCC1[C@@H]2CCC[C@@H]12. The fraction of sp³-hybridized carbons (Fsp3) is 1.00. The van der Waals surface area contributed by atoms with E-state index in [1.165, 1.54) is 25.8 Å². The number of nitrogens with one attached hydrogen (secondary N) is 1. The van der Waals surface area contributed by atoms with Gasteiger partial charge in [-0.15, -0.1) is 0 Å². The highest BCUT2D eigenvalue weighted by atomic mass is 15.0. The van der Waals surface area contributed by atoms with Crippen LogP contribution in [0.4, 0.5) is 0 Å². The molecular formula is C11H21N. The zero-order valence-corrected chi connectivity index (χ0v) is 8.56. The molecule has 0 aromatic heterocycles. The van der Waals surface area contributed by atoms with Crippen LogP contribution in [0.2, 0.25) is 0 Å². The van der Waals surface area contributed by atoms with Crippen LogP contribution in [0, 0.1) is 17.8 Å². The maximum Gasteiger partial charge on any atom is 0.00966 e. The van der Waals surface area contributed by atoms with Gasteiger partial charge in [0.05, 0.1) is 0 Å². The largest absolute Gasteiger partial charge is 0.312 e. The van der Waals surface area contributed by atoms with Gasteiger partial charge in [-0.05, 0) is 57.9 Å². The van der Waals surface area contributed by atoms with Crippen molar-refractivity contribution in [3.8, 4) is 0 Å². The number of hydrogen-bond acceptors (Lipinski definition) is 1. The Labute approximate surface area is 75.9 Å². The van der Waals surface area contributed by atoms with Crippen molar-refractivity contribution in [1.29, 1.82) is 0 Å². The quantitative estimate of drug-likeness (QED) is 0.666. The Balaban J connectivity index is 1.70. The first-order valence-corrected chi connectivity index (χ1v) is 5.33. The van der Waals surface area contributed by atoms with Gasteiger partial charge in [0.2, 0.25) is 0 Å². The third-order valence-corrected chi connectivity index (χ3v) is 3.45. The number of fused-ring (bicyclic) bond motifs is 1. The first-order valence-electron chi connectivity index (χ1n) is 5.33. The van der Waals surface area contributed by atoms with Crippen LogP contribution in [0.25, 0.3) is 0 Å². The van der Waals surface area contributed by atoms with Crippen LogP contribution < -0.4 is 5.32 Å². The van der Waals surface area contributed by atoms with Crippen LogP contribution in [-0.4, -0.2) is 12.1 Å². The van der Waals surface area contributed by atoms with Gasteiger partial charge in [0.15, 0.2) is 0 Å². The molecule has 0 saturated heterocycles. The first kappa shape index (κ1) is 8.55. The molecule has 1 nitrogen and oxygen atoms in total. The zero-order valence-electron chi connectivity index (χ0n) is 8.56. The van der Waals surface area contributed by atoms with E-state index in [0.29, 0.717) is 5.54 Å². The second kappa shape index (κ2) is 2.73. The summed E-state index contributed by atoms with van der Waals surface area (Å²) < 4.78 is 0. The van der Waals surface area contributed by atoms with Gasteiger partial charge in [-0.3, -0.25) is 0 Å². The maximum atomic E-state index is 3.61. The highest BCUT2D eigenvalue weighted by molar-refractivity contribution is 5.02. The lowest BCUT2D eigenvalue weighted by atomic mass is 10.1. The summed E-state index contributed by atoms with van der Waals surface area (Å²) in [5, 5.41) is 3.61. The van der Waals surface area contributed by atoms with E-state index in [1.54, 1.807) is 0 Å². The average molecular weight is 167 g/mol. The van der Waals surface area contributed by atoms with E-state index >= 15 is 0 Å². The Morgan fingerprint density at radius 3 is 2.25 bits per heavy atom. The highest BCUT2D eigenvalue weighted by Gasteiger charge is 2.51. The summed E-state index contributed by atoms with van der Waals surface area (Å²) in [6, 6.07) is 0. The molecule has 2 aliphatic rings. The first-order chi connectivity index (χ1) is 5.58. The molecule has 0 bridgehead atoms. The van der Waals surface area contributed by atoms with Crippen molar-refractivity contribution in [2.24, 2.45) is 17.8 Å². The third kappa shape index (κ3) is 1.66. The summed E-state index contributed by atoms with van der Waals surface area (Å²) in [6.07, 6.45) is 4.53. The van der Waals surface area contributed by atoms with Crippen LogP contribution in [0.3, 0.4) is 0 Å². The van der Waals surface area contributed by atoms with E-state index in [1.807, 2.05) is 0 Å². The lowest BCUT2D eigenvalue weighted by Crippen LogP contribution is -2.37. The Kier molecular flexibility index (Phi) is 1.95. The topological polar surface area (TPSA) is 12.0 Å². The van der Waals surface area contributed by atoms with Crippen molar-refractivity contribution in [3.05, 3.63) is 0 Å². The lowest BCUT2D eigenvalue weighted by molar-refractivity contribution is 0.396. The van der Waals surface area contributed by atoms with Crippen LogP contribution in [-0.2, 0) is 0 Å². The van der Waals surface area contributed by atoms with Crippen LogP contribution >= 0.6 is 0 Å². The van der Waals surface area contributed by atoms with Crippen LogP contribution in [0.5, 0.6) is 0 Å². The summed E-state index contributed by atoms with van der Waals surface area (Å²) in [7, 11) is 0. The minimum absolute atomic E-state index is 0.316. The molecular weight excluding hydrogens is 146 g/mol. The molecule has 0 aromatic carbocycles. The Morgan fingerprint density at radius 1 is 1.17 bits per heavy atom. The van der Waals surface area contributed by atoms with E-state index < -0.39 is 0 Å².